The first-order chi connectivity index (χ1) is 19.7. The number of nitrogens with two attached hydrogens (primary N) is 1. The van der Waals surface area contributed by atoms with E-state index in [0.717, 1.165) is 31.2 Å². The monoisotopic (exact) mass is 562 g/mol. The third-order valence-corrected chi connectivity index (χ3v) is 8.53. The lowest BCUT2D eigenvalue weighted by atomic mass is 9.81. The molecule has 8 nitrogen and oxygen atoms in total. The molecular formula is C33H46N4O4. The number of hydrogen-bond donors (Lipinski definition) is 2. The molecule has 1 aliphatic heterocycles. The van der Waals surface area contributed by atoms with Gasteiger partial charge in [0.05, 0.1) is 13.2 Å². The number of nitrogens with one attached hydrogen (secondary N) is 1. The van der Waals surface area contributed by atoms with E-state index < -0.39 is 6.04 Å². The zero-order chi connectivity index (χ0) is 29.5. The topological polar surface area (TPSA) is 105 Å². The Morgan fingerprint density at radius 3 is 2.29 bits per heavy atom. The van der Waals surface area contributed by atoms with Crippen molar-refractivity contribution >= 4 is 17.7 Å². The summed E-state index contributed by atoms with van der Waals surface area (Å²) in [4.78, 5) is 44.8. The van der Waals surface area contributed by atoms with Crippen LogP contribution in [-0.4, -0.2) is 72.9 Å². The highest BCUT2D eigenvalue weighted by Gasteiger charge is 2.43. The number of benzene rings is 2. The molecule has 1 saturated carbocycles. The van der Waals surface area contributed by atoms with Crippen molar-refractivity contribution in [3.63, 3.8) is 0 Å². The highest BCUT2D eigenvalue weighted by atomic mass is 16.5. The second-order valence-electron chi connectivity index (χ2n) is 12.2. The molecule has 2 aliphatic rings. The molecule has 1 aliphatic carbocycles. The third-order valence-electron chi connectivity index (χ3n) is 8.53. The first-order valence-electron chi connectivity index (χ1n) is 15.0. The minimum atomic E-state index is -0.652. The van der Waals surface area contributed by atoms with Gasteiger partial charge in [0.25, 0.3) is 11.8 Å². The Bertz CT molecular complexity index is 1180. The van der Waals surface area contributed by atoms with E-state index >= 15 is 0 Å². The Labute approximate surface area is 244 Å². The molecule has 3 amide bonds. The molecule has 41 heavy (non-hydrogen) atoms. The van der Waals surface area contributed by atoms with Crippen molar-refractivity contribution in [1.29, 1.82) is 0 Å². The molecule has 2 aromatic carbocycles. The second kappa shape index (κ2) is 14.0. The van der Waals surface area contributed by atoms with Crippen LogP contribution in [0, 0.1) is 24.7 Å². The average molecular weight is 563 g/mol. The van der Waals surface area contributed by atoms with Gasteiger partial charge < -0.3 is 25.6 Å². The number of methoxy groups -OCH3 is 1. The van der Waals surface area contributed by atoms with Crippen molar-refractivity contribution in [2.24, 2.45) is 23.5 Å². The number of likely N-dealkylation sites (tertiary alicyclic amines) is 1. The number of carbonyl (C=O) groups excluding carboxylic acids is 3. The molecule has 0 aromatic heterocycles. The van der Waals surface area contributed by atoms with Gasteiger partial charge in [0, 0.05) is 30.8 Å². The number of aryl methyl sites for hydroxylation is 1. The van der Waals surface area contributed by atoms with E-state index in [1.165, 1.54) is 0 Å². The number of carbonyl (C=O) groups is 3. The lowest BCUT2D eigenvalue weighted by molar-refractivity contribution is -0.125. The van der Waals surface area contributed by atoms with Gasteiger partial charge in [0.1, 0.15) is 11.8 Å². The van der Waals surface area contributed by atoms with Crippen LogP contribution in [0.4, 0.5) is 0 Å². The van der Waals surface area contributed by atoms with Crippen LogP contribution in [0.3, 0.4) is 0 Å². The van der Waals surface area contributed by atoms with Gasteiger partial charge in [0.15, 0.2) is 0 Å². The lowest BCUT2D eigenvalue weighted by Gasteiger charge is -2.31. The van der Waals surface area contributed by atoms with Crippen LogP contribution in [0.15, 0.2) is 48.5 Å². The van der Waals surface area contributed by atoms with Crippen molar-refractivity contribution in [3.8, 4) is 5.75 Å². The maximum atomic E-state index is 13.8. The zero-order valence-electron chi connectivity index (χ0n) is 25.0. The third kappa shape index (κ3) is 7.67. The fourth-order valence-electron chi connectivity index (χ4n) is 6.23. The zero-order valence-corrected chi connectivity index (χ0v) is 25.0. The summed E-state index contributed by atoms with van der Waals surface area (Å²) in [7, 11) is 1.59. The van der Waals surface area contributed by atoms with E-state index in [9.17, 15) is 14.4 Å². The van der Waals surface area contributed by atoms with Gasteiger partial charge >= 0.3 is 0 Å². The summed E-state index contributed by atoms with van der Waals surface area (Å²) in [5.74, 6) is 1.36. The van der Waals surface area contributed by atoms with Crippen LogP contribution in [0.25, 0.3) is 0 Å². The Hall–Kier alpha value is -3.39. The van der Waals surface area contributed by atoms with Gasteiger partial charge in [-0.25, -0.2) is 0 Å². The number of hydrogen-bond acceptors (Lipinski definition) is 5. The minimum Gasteiger partial charge on any atom is -0.497 e. The predicted octanol–water partition coefficient (Wildman–Crippen LogP) is 4.27. The molecule has 8 heteroatoms. The van der Waals surface area contributed by atoms with E-state index in [1.807, 2.05) is 36.1 Å². The van der Waals surface area contributed by atoms with Crippen molar-refractivity contribution in [1.82, 2.24) is 15.1 Å². The summed E-state index contributed by atoms with van der Waals surface area (Å²) in [6, 6.07) is 13.6. The fraction of sp³-hybridized carbons (Fsp3) is 0.545. The van der Waals surface area contributed by atoms with Gasteiger partial charge in [0.2, 0.25) is 5.91 Å². The van der Waals surface area contributed by atoms with Crippen LogP contribution < -0.4 is 15.8 Å². The molecule has 4 unspecified atom stereocenters. The van der Waals surface area contributed by atoms with E-state index in [2.05, 4.69) is 19.2 Å². The fourth-order valence-corrected chi connectivity index (χ4v) is 6.23. The predicted molar refractivity (Wildman–Crippen MR) is 161 cm³/mol. The van der Waals surface area contributed by atoms with Crippen molar-refractivity contribution in [2.45, 2.75) is 65.0 Å². The molecule has 0 spiro atoms. The first-order valence-corrected chi connectivity index (χ1v) is 15.0. The molecule has 4 atom stereocenters. The maximum absolute atomic E-state index is 13.8. The molecule has 2 aromatic rings. The van der Waals surface area contributed by atoms with E-state index in [0.29, 0.717) is 61.3 Å². The van der Waals surface area contributed by atoms with Gasteiger partial charge in [-0.1, -0.05) is 38.0 Å². The molecule has 1 saturated heterocycles. The molecule has 4 rings (SSSR count). The van der Waals surface area contributed by atoms with Crippen LogP contribution in [-0.2, 0) is 4.79 Å². The Balaban J connectivity index is 1.56. The van der Waals surface area contributed by atoms with Crippen molar-refractivity contribution < 1.29 is 19.1 Å². The molecule has 0 bridgehead atoms. The highest BCUT2D eigenvalue weighted by molar-refractivity contribution is 5.99. The summed E-state index contributed by atoms with van der Waals surface area (Å²) in [6.07, 6.45) is 4.78. The van der Waals surface area contributed by atoms with E-state index in [-0.39, 0.29) is 29.7 Å². The van der Waals surface area contributed by atoms with Crippen LogP contribution in [0.2, 0.25) is 0 Å². The van der Waals surface area contributed by atoms with Gasteiger partial charge in [-0.2, -0.15) is 0 Å². The molecule has 2 fully saturated rings. The van der Waals surface area contributed by atoms with Gasteiger partial charge in [-0.05, 0) is 93.3 Å². The Kier molecular flexibility index (Phi) is 10.4. The SMILES string of the molecule is COc1ccc(C(=O)N(CC(C)C)C2CC(C(=O)NCC3CCCC(CN)C3)N(C(=O)c3ccc(C)cc3)C2)cc1. The van der Waals surface area contributed by atoms with Crippen molar-refractivity contribution in [2.75, 3.05) is 33.3 Å². The molecule has 0 radical (unpaired) electrons. The normalized spacial score (nSPS) is 22.4. The number of rotatable bonds is 10. The molecule has 3 N–H and O–H groups in total. The molecule has 222 valence electrons. The smallest absolute Gasteiger partial charge is 0.254 e. The minimum absolute atomic E-state index is 0.106. The molecule has 1 heterocycles. The second-order valence-corrected chi connectivity index (χ2v) is 12.2. The summed E-state index contributed by atoms with van der Waals surface area (Å²) in [5.41, 5.74) is 8.09. The number of ether oxygens (including phenoxy) is 1. The summed E-state index contributed by atoms with van der Waals surface area (Å²) in [6.45, 7) is 8.22. The average Bonchev–Trinajstić information content (AvgIpc) is 3.44. The number of nitrogens with zero attached hydrogens (tertiary/aromatic N) is 2. The van der Waals surface area contributed by atoms with Crippen LogP contribution in [0.1, 0.15) is 72.2 Å². The van der Waals surface area contributed by atoms with Crippen LogP contribution >= 0.6 is 0 Å². The van der Waals surface area contributed by atoms with E-state index in [1.54, 1.807) is 36.3 Å². The standard InChI is InChI=1S/C33H46N4O4/c1-22(2)20-36(32(39)27-12-14-29(41-4)15-13-27)28-17-30(31(38)35-19-25-7-5-6-24(16-25)18-34)37(21-28)33(40)26-10-8-23(3)9-11-26/h8-15,22,24-25,28,30H,5-7,16-21,34H2,1-4H3,(H,35,38). The lowest BCUT2D eigenvalue weighted by Crippen LogP contribution is -2.47. The summed E-state index contributed by atoms with van der Waals surface area (Å²) in [5, 5.41) is 3.17. The summed E-state index contributed by atoms with van der Waals surface area (Å²) < 4.78 is 5.26. The maximum Gasteiger partial charge on any atom is 0.254 e. The number of amides is 3. The highest BCUT2D eigenvalue weighted by Crippen LogP contribution is 2.30. The van der Waals surface area contributed by atoms with Crippen molar-refractivity contribution in [3.05, 3.63) is 65.2 Å². The Morgan fingerprint density at radius 1 is 1.00 bits per heavy atom. The van der Waals surface area contributed by atoms with Crippen LogP contribution in [0.5, 0.6) is 5.75 Å². The Morgan fingerprint density at radius 2 is 1.66 bits per heavy atom. The molecular weight excluding hydrogens is 516 g/mol. The van der Waals surface area contributed by atoms with E-state index in [4.69, 9.17) is 10.5 Å². The van der Waals surface area contributed by atoms with Gasteiger partial charge in [-0.15, -0.1) is 0 Å². The largest absolute Gasteiger partial charge is 0.497 e. The quantitative estimate of drug-likeness (QED) is 0.450. The van der Waals surface area contributed by atoms with Gasteiger partial charge in [-0.3, -0.25) is 14.4 Å². The first kappa shape index (κ1) is 30.6. The summed E-state index contributed by atoms with van der Waals surface area (Å²) >= 11 is 0.